The van der Waals surface area contributed by atoms with Crippen molar-refractivity contribution in [2.24, 2.45) is 0 Å². The van der Waals surface area contributed by atoms with Gasteiger partial charge in [-0.05, 0) is 83.1 Å². The van der Waals surface area contributed by atoms with Gasteiger partial charge in [0, 0.05) is 78.5 Å². The summed E-state index contributed by atoms with van der Waals surface area (Å²) >= 11 is 0. The van der Waals surface area contributed by atoms with Gasteiger partial charge >= 0.3 is 0 Å². The largest absolute Gasteiger partial charge is 1.00 e. The molecule has 9 nitrogen and oxygen atoms in total. The molecule has 0 fully saturated rings. The van der Waals surface area contributed by atoms with Gasteiger partial charge < -0.3 is 23.5 Å². The first-order valence-corrected chi connectivity index (χ1v) is 16.7. The minimum atomic E-state index is -0.665. The predicted octanol–water partition coefficient (Wildman–Crippen LogP) is 3.81. The van der Waals surface area contributed by atoms with Crippen LogP contribution in [0.2, 0.25) is 0 Å². The number of halogens is 1. The molecule has 0 heterocycles. The van der Waals surface area contributed by atoms with Gasteiger partial charge in [-0.2, -0.15) is 28.0 Å². The van der Waals surface area contributed by atoms with E-state index in [1.54, 1.807) is 0 Å². The second-order valence-corrected chi connectivity index (χ2v) is 12.7. The molecule has 12 heteroatoms. The third-order valence-electron chi connectivity index (χ3n) is 6.28. The summed E-state index contributed by atoms with van der Waals surface area (Å²) in [6, 6.07) is 0. The monoisotopic (exact) mass is 573 g/mol. The van der Waals surface area contributed by atoms with Crippen LogP contribution in [0.1, 0.15) is 83.1 Å². The van der Waals surface area contributed by atoms with E-state index >= 15 is 0 Å². The van der Waals surface area contributed by atoms with Crippen LogP contribution in [0.5, 0.6) is 0 Å². The molecule has 0 aromatic rings. The van der Waals surface area contributed by atoms with Gasteiger partial charge in [0.1, 0.15) is 0 Å². The second-order valence-electron chi connectivity index (χ2n) is 7.72. The van der Waals surface area contributed by atoms with E-state index in [9.17, 15) is 0 Å². The zero-order valence-corrected chi connectivity index (χ0v) is 28.6. The summed E-state index contributed by atoms with van der Waals surface area (Å²) in [5.74, 6) is 0. The van der Waals surface area contributed by atoms with Crippen LogP contribution in [0, 0.1) is 0 Å². The first kappa shape index (κ1) is 43.3. The Morgan fingerprint density at radius 3 is 0.500 bits per heavy atom. The molecule has 0 aromatic heterocycles. The standard InChI is InChI=1S/2C12H30N3P.ClH.N3/c2*1-7-13(8-2)16(14(9-3)10-4)15(11-5)12-6;;1-3-2/h2*7-12H2,1-6H3;1H;/q;;;-1/p+1. The van der Waals surface area contributed by atoms with E-state index in [1.807, 2.05) is 0 Å². The van der Waals surface area contributed by atoms with Crippen molar-refractivity contribution >= 4 is 16.7 Å². The first-order valence-electron chi connectivity index (χ1n) is 14.0. The molecule has 0 unspecified atom stereocenters. The highest BCUT2D eigenvalue weighted by atomic mass is 35.5. The van der Waals surface area contributed by atoms with Crippen LogP contribution < -0.4 is 12.4 Å². The van der Waals surface area contributed by atoms with Gasteiger partial charge in [0.2, 0.25) is 16.7 Å². The van der Waals surface area contributed by atoms with Crippen molar-refractivity contribution in [3.63, 3.8) is 0 Å². The van der Waals surface area contributed by atoms with Crippen LogP contribution in [-0.2, 0) is 0 Å². The Kier molecular flexibility index (Phi) is 35.8. The number of hydrogen-bond donors (Lipinski definition) is 0. The van der Waals surface area contributed by atoms with Gasteiger partial charge in [-0.15, -0.1) is 0 Å². The third kappa shape index (κ3) is 16.2. The molecule has 0 saturated heterocycles. The summed E-state index contributed by atoms with van der Waals surface area (Å²) in [6.45, 7) is 41.3. The average Bonchev–Trinajstić information content (AvgIpc) is 2.88. The van der Waals surface area contributed by atoms with E-state index in [1.165, 1.54) is 4.91 Å². The minimum absolute atomic E-state index is 0. The van der Waals surface area contributed by atoms with Crippen LogP contribution in [0.15, 0.2) is 0 Å². The fraction of sp³-hybridized carbons (Fsp3) is 1.00. The maximum Gasteiger partial charge on any atom is 0.213 e. The van der Waals surface area contributed by atoms with E-state index in [0.717, 1.165) is 78.5 Å². The van der Waals surface area contributed by atoms with Crippen LogP contribution >= 0.6 is 16.7 Å². The van der Waals surface area contributed by atoms with Crippen LogP contribution in [-0.4, -0.2) is 107 Å². The molecule has 0 aliphatic carbocycles. The molecule has 0 spiro atoms. The van der Waals surface area contributed by atoms with E-state index in [4.69, 9.17) is 11.1 Å². The van der Waals surface area contributed by atoms with Crippen LogP contribution in [0.3, 0.4) is 0 Å². The van der Waals surface area contributed by atoms with Crippen molar-refractivity contribution in [1.82, 2.24) is 28.0 Å². The first-order chi connectivity index (χ1) is 16.8. The van der Waals surface area contributed by atoms with E-state index < -0.39 is 16.7 Å². The molecule has 0 saturated carbocycles. The molecule has 0 bridgehead atoms. The van der Waals surface area contributed by atoms with Crippen molar-refractivity contribution in [1.29, 1.82) is 0 Å². The Balaban J connectivity index is -0.000000250. The highest BCUT2D eigenvalue weighted by molar-refractivity contribution is 7.50. The lowest BCUT2D eigenvalue weighted by molar-refractivity contribution is -0.00000884. The average molecular weight is 574 g/mol. The quantitative estimate of drug-likeness (QED) is 0.107. The highest BCUT2D eigenvalue weighted by Gasteiger charge is 2.35. The zero-order valence-electron chi connectivity index (χ0n) is 25.9. The summed E-state index contributed by atoms with van der Waals surface area (Å²) in [6.07, 6.45) is 0. The van der Waals surface area contributed by atoms with Crippen molar-refractivity contribution in [3.05, 3.63) is 16.0 Å². The molecule has 220 valence electrons. The normalized spacial score (nSPS) is 11.2. The fourth-order valence-corrected chi connectivity index (χ4v) is 10.0. The fourth-order valence-electron chi connectivity index (χ4n) is 4.24. The topological polar surface area (TPSA) is 78.1 Å². The van der Waals surface area contributed by atoms with E-state index in [0.29, 0.717) is 0 Å². The molecule has 0 aromatic carbocycles. The molecular weight excluding hydrogens is 512 g/mol. The maximum atomic E-state index is 6.75. The van der Waals surface area contributed by atoms with Gasteiger partial charge in [-0.1, -0.05) is 0 Å². The second kappa shape index (κ2) is 29.8. The van der Waals surface area contributed by atoms with E-state index in [2.05, 4.69) is 111 Å². The summed E-state index contributed by atoms with van der Waals surface area (Å²) < 4.78 is 15.9. The maximum absolute atomic E-state index is 6.75. The third-order valence-corrected chi connectivity index (χ3v) is 13.5. The van der Waals surface area contributed by atoms with E-state index in [-0.39, 0.29) is 12.4 Å². The number of nitrogens with zero attached hydrogens (tertiary/aromatic N) is 9. The Morgan fingerprint density at radius 1 is 0.361 bits per heavy atom. The molecule has 0 radical (unpaired) electrons. The Bertz CT molecular complexity index is 371. The molecule has 0 rings (SSSR count). The van der Waals surface area contributed by atoms with Gasteiger partial charge in [0.05, 0.1) is 0 Å². The molecule has 0 atom stereocenters. The number of hydrogen-bond acceptors (Lipinski definition) is 6. The number of rotatable bonds is 18. The summed E-state index contributed by atoms with van der Waals surface area (Å²) in [5.41, 5.74) is 13.5. The SMILES string of the molecule is CCN(CC)[PH+](N(CC)CC)N(CC)CC.CCN(CC)[PH+](N(CC)CC)N(CC)CC.[Cl-].[N-]=[N+]=[N-]. The summed E-state index contributed by atoms with van der Waals surface area (Å²) in [5, 5.41) is 0. The summed E-state index contributed by atoms with van der Waals surface area (Å²) in [7, 11) is -1.33. The Hall–Kier alpha value is 0.220. The molecule has 0 aliphatic heterocycles. The molecule has 0 aliphatic rings. The zero-order chi connectivity index (χ0) is 27.8. The highest BCUT2D eigenvalue weighted by Crippen LogP contribution is 2.47. The molecule has 0 amide bonds. The Morgan fingerprint density at radius 2 is 0.444 bits per heavy atom. The lowest BCUT2D eigenvalue weighted by Gasteiger charge is -2.35. The van der Waals surface area contributed by atoms with Crippen molar-refractivity contribution in [2.45, 2.75) is 83.1 Å². The van der Waals surface area contributed by atoms with Crippen molar-refractivity contribution < 1.29 is 12.4 Å². The van der Waals surface area contributed by atoms with Gasteiger partial charge in [-0.25, -0.2) is 0 Å². The van der Waals surface area contributed by atoms with Crippen LogP contribution in [0.4, 0.5) is 0 Å². The lowest BCUT2D eigenvalue weighted by atomic mass is 10.7. The lowest BCUT2D eigenvalue weighted by Crippen LogP contribution is -3.00. The molecular formula is C24H62ClN9P2. The van der Waals surface area contributed by atoms with Crippen LogP contribution in [0.25, 0.3) is 16.0 Å². The minimum Gasteiger partial charge on any atom is -1.00 e. The van der Waals surface area contributed by atoms with Crippen molar-refractivity contribution in [3.8, 4) is 0 Å². The van der Waals surface area contributed by atoms with Crippen molar-refractivity contribution in [2.75, 3.05) is 78.5 Å². The molecule has 36 heavy (non-hydrogen) atoms. The van der Waals surface area contributed by atoms with Gasteiger partial charge in [-0.3, -0.25) is 4.91 Å². The predicted molar refractivity (Wildman–Crippen MR) is 164 cm³/mol. The summed E-state index contributed by atoms with van der Waals surface area (Å²) in [4.78, 5) is 1.50. The van der Waals surface area contributed by atoms with Gasteiger partial charge in [0.25, 0.3) is 0 Å². The molecule has 0 N–H and O–H groups in total. The smallest absolute Gasteiger partial charge is 0.213 e. The Labute approximate surface area is 234 Å². The van der Waals surface area contributed by atoms with Gasteiger partial charge in [0.15, 0.2) is 0 Å².